The highest BCUT2D eigenvalue weighted by Gasteiger charge is 2.31. The fourth-order valence-corrected chi connectivity index (χ4v) is 4.57. The van der Waals surface area contributed by atoms with Crippen LogP contribution in [0.1, 0.15) is 5.56 Å². The van der Waals surface area contributed by atoms with Gasteiger partial charge in [-0.25, -0.2) is 14.8 Å². The molecule has 0 unspecified atom stereocenters. The van der Waals surface area contributed by atoms with Crippen molar-refractivity contribution in [2.45, 2.75) is 16.1 Å². The minimum Gasteiger partial charge on any atom is -0.493 e. The van der Waals surface area contributed by atoms with Crippen LogP contribution < -0.4 is 24.8 Å². The van der Waals surface area contributed by atoms with E-state index in [4.69, 9.17) is 18.9 Å². The number of aromatic nitrogens is 2. The molecule has 0 saturated heterocycles. The van der Waals surface area contributed by atoms with Gasteiger partial charge in [0, 0.05) is 40.9 Å². The second kappa shape index (κ2) is 12.7. The number of carbonyl (C=O) groups is 1. The first-order valence-corrected chi connectivity index (χ1v) is 12.6. The third kappa shape index (κ3) is 7.24. The van der Waals surface area contributed by atoms with Gasteiger partial charge in [0.05, 0.1) is 31.9 Å². The van der Waals surface area contributed by atoms with Crippen LogP contribution in [0, 0.1) is 0 Å². The van der Waals surface area contributed by atoms with Gasteiger partial charge in [-0.05, 0) is 36.4 Å². The number of rotatable bonds is 10. The van der Waals surface area contributed by atoms with Crippen molar-refractivity contribution >= 4 is 40.1 Å². The van der Waals surface area contributed by atoms with Gasteiger partial charge in [0.2, 0.25) is 0 Å². The molecule has 40 heavy (non-hydrogen) atoms. The Morgan fingerprint density at radius 1 is 0.900 bits per heavy atom. The summed E-state index contributed by atoms with van der Waals surface area (Å²) in [5.74, 6) is 1.02. The molecule has 4 rings (SSSR count). The Morgan fingerprint density at radius 2 is 1.65 bits per heavy atom. The van der Waals surface area contributed by atoms with Crippen LogP contribution in [0.4, 0.5) is 29.3 Å². The summed E-state index contributed by atoms with van der Waals surface area (Å²) in [5.41, 5.74) is 0.0451. The summed E-state index contributed by atoms with van der Waals surface area (Å²) in [6.45, 7) is 0.246. The third-order valence-electron chi connectivity index (χ3n) is 5.46. The predicted octanol–water partition coefficient (Wildman–Crippen LogP) is 6.49. The Bertz CT molecular complexity index is 1500. The molecule has 0 radical (unpaired) electrons. The second-order valence-corrected chi connectivity index (χ2v) is 9.26. The van der Waals surface area contributed by atoms with Gasteiger partial charge in [-0.2, -0.15) is 13.2 Å². The third-order valence-corrected chi connectivity index (χ3v) is 6.47. The SMILES string of the molecule is COCCOc1cc(NC(=O)Nc2cccc(Sc3ncnc4cc(OC)c(OC)cc34)c2)cc(C(F)(F)F)c1. The smallest absolute Gasteiger partial charge is 0.416 e. The van der Waals surface area contributed by atoms with Crippen LogP contribution in [0.15, 0.2) is 70.8 Å². The number of hydrogen-bond acceptors (Lipinski definition) is 8. The van der Waals surface area contributed by atoms with E-state index in [1.165, 1.54) is 45.5 Å². The molecule has 9 nitrogen and oxygen atoms in total. The van der Waals surface area contributed by atoms with E-state index in [0.29, 0.717) is 27.7 Å². The Labute approximate surface area is 232 Å². The molecular formula is C27H25F3N4O5S. The van der Waals surface area contributed by atoms with Gasteiger partial charge >= 0.3 is 12.2 Å². The number of halogens is 3. The molecule has 0 aliphatic rings. The van der Waals surface area contributed by atoms with Crippen LogP contribution in [0.25, 0.3) is 10.9 Å². The Kier molecular flexibility index (Phi) is 9.17. The molecule has 0 saturated carbocycles. The van der Waals surface area contributed by atoms with Crippen molar-refractivity contribution in [2.24, 2.45) is 0 Å². The Balaban J connectivity index is 1.50. The van der Waals surface area contributed by atoms with Gasteiger partial charge in [0.1, 0.15) is 23.7 Å². The van der Waals surface area contributed by atoms with E-state index >= 15 is 0 Å². The van der Waals surface area contributed by atoms with E-state index in [0.717, 1.165) is 22.4 Å². The quantitative estimate of drug-likeness (QED) is 0.164. The molecule has 0 bridgehead atoms. The molecule has 0 atom stereocenters. The summed E-state index contributed by atoms with van der Waals surface area (Å²) in [6.07, 6.45) is -3.19. The topological polar surface area (TPSA) is 104 Å². The first-order valence-electron chi connectivity index (χ1n) is 11.8. The van der Waals surface area contributed by atoms with Gasteiger partial charge in [-0.1, -0.05) is 17.8 Å². The van der Waals surface area contributed by atoms with Crippen molar-refractivity contribution in [3.8, 4) is 17.2 Å². The minimum atomic E-state index is -4.63. The van der Waals surface area contributed by atoms with Crippen LogP contribution in [0.3, 0.4) is 0 Å². The lowest BCUT2D eigenvalue weighted by Gasteiger charge is -2.14. The molecule has 1 heterocycles. The predicted molar refractivity (Wildman–Crippen MR) is 145 cm³/mol. The van der Waals surface area contributed by atoms with Crippen LogP contribution in [-0.2, 0) is 10.9 Å². The number of urea groups is 1. The van der Waals surface area contributed by atoms with Crippen molar-refractivity contribution in [2.75, 3.05) is 45.2 Å². The molecule has 2 N–H and O–H groups in total. The van der Waals surface area contributed by atoms with Gasteiger partial charge in [0.25, 0.3) is 0 Å². The highest BCUT2D eigenvalue weighted by atomic mass is 32.2. The lowest BCUT2D eigenvalue weighted by atomic mass is 10.2. The Morgan fingerprint density at radius 3 is 2.38 bits per heavy atom. The highest BCUT2D eigenvalue weighted by molar-refractivity contribution is 7.99. The summed E-state index contributed by atoms with van der Waals surface area (Å²) in [5, 5.41) is 6.47. The fourth-order valence-electron chi connectivity index (χ4n) is 3.64. The maximum Gasteiger partial charge on any atom is 0.416 e. The lowest BCUT2D eigenvalue weighted by molar-refractivity contribution is -0.137. The first-order chi connectivity index (χ1) is 19.2. The fraction of sp³-hybridized carbons (Fsp3) is 0.222. The highest BCUT2D eigenvalue weighted by Crippen LogP contribution is 2.38. The number of ether oxygens (including phenoxy) is 4. The molecule has 0 fully saturated rings. The molecular weight excluding hydrogens is 549 g/mol. The van der Waals surface area contributed by atoms with E-state index in [9.17, 15) is 18.0 Å². The number of benzene rings is 3. The molecule has 0 spiro atoms. The zero-order valence-corrected chi connectivity index (χ0v) is 22.5. The lowest BCUT2D eigenvalue weighted by Crippen LogP contribution is -2.20. The number of methoxy groups -OCH3 is 3. The monoisotopic (exact) mass is 574 g/mol. The molecule has 13 heteroatoms. The molecule has 4 aromatic rings. The van der Waals surface area contributed by atoms with Crippen molar-refractivity contribution in [3.05, 3.63) is 66.5 Å². The maximum atomic E-state index is 13.4. The Hall–Kier alpha value is -4.23. The number of amides is 2. The summed E-state index contributed by atoms with van der Waals surface area (Å²) in [4.78, 5) is 22.1. The molecule has 2 amide bonds. The van der Waals surface area contributed by atoms with Crippen molar-refractivity contribution < 1.29 is 36.9 Å². The number of carbonyl (C=O) groups excluding carboxylic acids is 1. The largest absolute Gasteiger partial charge is 0.493 e. The van der Waals surface area contributed by atoms with Crippen LogP contribution in [0.5, 0.6) is 17.2 Å². The number of nitrogens with zero attached hydrogens (tertiary/aromatic N) is 2. The summed E-state index contributed by atoms with van der Waals surface area (Å²) >= 11 is 1.34. The minimum absolute atomic E-state index is 0.0492. The molecule has 3 aromatic carbocycles. The van der Waals surface area contributed by atoms with E-state index in [-0.39, 0.29) is 24.7 Å². The number of nitrogens with one attached hydrogen (secondary N) is 2. The van der Waals surface area contributed by atoms with Crippen LogP contribution >= 0.6 is 11.8 Å². The molecule has 0 aliphatic heterocycles. The average Bonchev–Trinajstić information content (AvgIpc) is 2.92. The maximum absolute atomic E-state index is 13.4. The average molecular weight is 575 g/mol. The second-order valence-electron chi connectivity index (χ2n) is 8.20. The van der Waals surface area contributed by atoms with Gasteiger partial charge < -0.3 is 29.6 Å². The summed E-state index contributed by atoms with van der Waals surface area (Å²) in [6, 6.07) is 12.7. The van der Waals surface area contributed by atoms with E-state index in [1.807, 2.05) is 6.07 Å². The van der Waals surface area contributed by atoms with Crippen LogP contribution in [-0.4, -0.2) is 50.5 Å². The zero-order chi connectivity index (χ0) is 28.7. The van der Waals surface area contributed by atoms with Crippen molar-refractivity contribution in [3.63, 3.8) is 0 Å². The summed E-state index contributed by atoms with van der Waals surface area (Å²) < 4.78 is 61.1. The number of hydrogen-bond donors (Lipinski definition) is 2. The molecule has 210 valence electrons. The van der Waals surface area contributed by atoms with Gasteiger partial charge in [-0.15, -0.1) is 0 Å². The zero-order valence-electron chi connectivity index (χ0n) is 21.7. The molecule has 0 aliphatic carbocycles. The molecule has 1 aromatic heterocycles. The summed E-state index contributed by atoms with van der Waals surface area (Å²) in [7, 11) is 4.53. The van der Waals surface area contributed by atoms with E-state index in [1.54, 1.807) is 30.3 Å². The van der Waals surface area contributed by atoms with E-state index in [2.05, 4.69) is 20.6 Å². The standard InChI is InChI=1S/C27H25F3N4O5S/c1-36-7-8-39-19-10-16(27(28,29)30)9-18(11-19)34-26(35)33-17-5-4-6-20(12-17)40-25-21-13-23(37-2)24(38-3)14-22(21)31-15-32-25/h4-6,9-15H,7-8H2,1-3H3,(H2,33,34,35). The number of alkyl halides is 3. The van der Waals surface area contributed by atoms with Crippen molar-refractivity contribution in [1.82, 2.24) is 9.97 Å². The number of anilines is 2. The van der Waals surface area contributed by atoms with Crippen molar-refractivity contribution in [1.29, 1.82) is 0 Å². The van der Waals surface area contributed by atoms with E-state index < -0.39 is 17.8 Å². The van der Waals surface area contributed by atoms with Crippen LogP contribution in [0.2, 0.25) is 0 Å². The van der Waals surface area contributed by atoms with Gasteiger partial charge in [-0.3, -0.25) is 0 Å². The normalized spacial score (nSPS) is 11.2. The first kappa shape index (κ1) is 28.8. The number of fused-ring (bicyclic) bond motifs is 1. The van der Waals surface area contributed by atoms with Gasteiger partial charge in [0.15, 0.2) is 11.5 Å².